The van der Waals surface area contributed by atoms with Gasteiger partial charge in [-0.2, -0.15) is 0 Å². The molecule has 2 saturated carbocycles. The number of hydrogen-bond donors (Lipinski definition) is 1. The molecule has 0 unspecified atom stereocenters. The summed E-state index contributed by atoms with van der Waals surface area (Å²) in [6, 6.07) is 0. The molecule has 3 aliphatic rings. The smallest absolute Gasteiger partial charge is 0.303 e. The average molecular weight is 497 g/mol. The number of esters is 3. The van der Waals surface area contributed by atoms with Crippen LogP contribution in [0.1, 0.15) is 80.6 Å². The Labute approximate surface area is 207 Å². The van der Waals surface area contributed by atoms with Crippen LogP contribution in [-0.4, -0.2) is 65.4 Å². The molecule has 3 fully saturated rings. The largest absolute Gasteiger partial charge is 0.465 e. The topological polar surface area (TPSA) is 125 Å². The van der Waals surface area contributed by atoms with Gasteiger partial charge in [-0.3, -0.25) is 19.2 Å². The Bertz CT molecular complexity index is 886. The van der Waals surface area contributed by atoms with Crippen molar-refractivity contribution in [3.8, 4) is 0 Å². The molecule has 3 rings (SSSR count). The van der Waals surface area contributed by atoms with Crippen LogP contribution in [0.15, 0.2) is 0 Å². The van der Waals surface area contributed by atoms with Crippen molar-refractivity contribution in [2.45, 2.75) is 104 Å². The summed E-state index contributed by atoms with van der Waals surface area (Å²) in [5.74, 6) is -3.03. The normalized spacial score (nSPS) is 42.9. The summed E-state index contributed by atoms with van der Waals surface area (Å²) in [7, 11) is 0. The third-order valence-corrected chi connectivity index (χ3v) is 9.02. The van der Waals surface area contributed by atoms with E-state index in [-0.39, 0.29) is 19.0 Å². The van der Waals surface area contributed by atoms with Crippen LogP contribution in [0.4, 0.5) is 0 Å². The van der Waals surface area contributed by atoms with Gasteiger partial charge in [0.15, 0.2) is 11.9 Å². The molecule has 1 spiro atoms. The van der Waals surface area contributed by atoms with Gasteiger partial charge >= 0.3 is 17.9 Å². The standard InChI is InChI=1S/C26H40O9/c1-15-20(31)21(34-18(4)30)22-24(6,14-32-16(2)28)19(33-17(3)29)8-9-25(22,7)26(15)11-10-23(5,35-26)12-13-27/h15,19,21-22,27H,8-14H2,1-7H3/t15-,19-,21-,22+,23+,24+,25+,26-/m1/s1. The first kappa shape index (κ1) is 27.6. The van der Waals surface area contributed by atoms with Gasteiger partial charge in [-0.25, -0.2) is 0 Å². The first-order chi connectivity index (χ1) is 16.2. The molecule has 0 aromatic heterocycles. The zero-order chi connectivity index (χ0) is 26.4. The number of carbonyl (C=O) groups excluding carboxylic acids is 4. The zero-order valence-electron chi connectivity index (χ0n) is 22.0. The lowest BCUT2D eigenvalue weighted by molar-refractivity contribution is -0.280. The Kier molecular flexibility index (Phi) is 7.46. The second-order valence-corrected chi connectivity index (χ2v) is 11.4. The number of hydrogen-bond acceptors (Lipinski definition) is 9. The van der Waals surface area contributed by atoms with E-state index >= 15 is 0 Å². The molecule has 0 amide bonds. The maximum atomic E-state index is 13.9. The van der Waals surface area contributed by atoms with E-state index in [9.17, 15) is 24.3 Å². The molecule has 0 bridgehead atoms. The second-order valence-electron chi connectivity index (χ2n) is 11.4. The van der Waals surface area contributed by atoms with Gasteiger partial charge in [0.1, 0.15) is 12.7 Å². The number of fused-ring (bicyclic) bond motifs is 2. The van der Waals surface area contributed by atoms with Gasteiger partial charge in [0.05, 0.1) is 11.2 Å². The van der Waals surface area contributed by atoms with Gasteiger partial charge in [0.25, 0.3) is 0 Å². The monoisotopic (exact) mass is 496 g/mol. The average Bonchev–Trinajstić information content (AvgIpc) is 3.10. The molecule has 1 saturated heterocycles. The summed E-state index contributed by atoms with van der Waals surface area (Å²) in [5, 5.41) is 9.66. The van der Waals surface area contributed by atoms with Gasteiger partial charge in [-0.1, -0.05) is 20.8 Å². The molecule has 1 heterocycles. The summed E-state index contributed by atoms with van der Waals surface area (Å²) < 4.78 is 23.7. The Morgan fingerprint density at radius 2 is 1.63 bits per heavy atom. The summed E-state index contributed by atoms with van der Waals surface area (Å²) in [6.07, 6.45) is 0.960. The van der Waals surface area contributed by atoms with Crippen LogP contribution in [-0.2, 0) is 38.1 Å². The first-order valence-corrected chi connectivity index (χ1v) is 12.5. The number of Topliss-reactive ketones (excluding diaryl/α,β-unsaturated/α-hetero) is 1. The Hall–Kier alpha value is -2.00. The van der Waals surface area contributed by atoms with Crippen molar-refractivity contribution in [1.29, 1.82) is 0 Å². The highest BCUT2D eigenvalue weighted by Crippen LogP contribution is 2.68. The maximum absolute atomic E-state index is 13.9. The highest BCUT2D eigenvalue weighted by atomic mass is 16.6. The fourth-order valence-corrected chi connectivity index (χ4v) is 7.38. The maximum Gasteiger partial charge on any atom is 0.303 e. The Morgan fingerprint density at radius 3 is 2.17 bits per heavy atom. The van der Waals surface area contributed by atoms with Gasteiger partial charge < -0.3 is 24.1 Å². The van der Waals surface area contributed by atoms with E-state index in [4.69, 9.17) is 18.9 Å². The van der Waals surface area contributed by atoms with Gasteiger partial charge in [-0.15, -0.1) is 0 Å². The number of ether oxygens (including phenoxy) is 4. The third kappa shape index (κ3) is 4.50. The fourth-order valence-electron chi connectivity index (χ4n) is 7.38. The van der Waals surface area contributed by atoms with Gasteiger partial charge in [0.2, 0.25) is 0 Å². The van der Waals surface area contributed by atoms with Crippen LogP contribution >= 0.6 is 0 Å². The predicted octanol–water partition coefficient (Wildman–Crippen LogP) is 2.74. The van der Waals surface area contributed by atoms with E-state index in [0.29, 0.717) is 32.1 Å². The minimum atomic E-state index is -1.11. The molecular formula is C26H40O9. The van der Waals surface area contributed by atoms with Crippen LogP contribution in [0.3, 0.4) is 0 Å². The van der Waals surface area contributed by atoms with Crippen LogP contribution < -0.4 is 0 Å². The molecule has 9 nitrogen and oxygen atoms in total. The summed E-state index contributed by atoms with van der Waals surface area (Å²) in [4.78, 5) is 50.0. The fraction of sp³-hybridized carbons (Fsp3) is 0.846. The summed E-state index contributed by atoms with van der Waals surface area (Å²) in [6.45, 7) is 11.4. The first-order valence-electron chi connectivity index (χ1n) is 12.5. The lowest BCUT2D eigenvalue weighted by Crippen LogP contribution is -2.73. The van der Waals surface area contributed by atoms with Crippen molar-refractivity contribution in [3.63, 3.8) is 0 Å². The number of aliphatic hydroxyl groups excluding tert-OH is 1. The van der Waals surface area contributed by atoms with Gasteiger partial charge in [0, 0.05) is 50.0 Å². The molecule has 35 heavy (non-hydrogen) atoms. The van der Waals surface area contributed by atoms with Crippen molar-refractivity contribution >= 4 is 23.7 Å². The van der Waals surface area contributed by atoms with E-state index in [2.05, 4.69) is 6.92 Å². The van der Waals surface area contributed by atoms with Crippen molar-refractivity contribution in [1.82, 2.24) is 0 Å². The zero-order valence-corrected chi connectivity index (χ0v) is 22.0. The molecule has 8 atom stereocenters. The van der Waals surface area contributed by atoms with E-state index in [0.717, 1.165) is 0 Å². The van der Waals surface area contributed by atoms with E-state index in [1.165, 1.54) is 20.8 Å². The highest BCUT2D eigenvalue weighted by molar-refractivity contribution is 5.90. The van der Waals surface area contributed by atoms with E-state index < -0.39 is 64.0 Å². The quantitative estimate of drug-likeness (QED) is 0.436. The van der Waals surface area contributed by atoms with Crippen LogP contribution in [0.25, 0.3) is 0 Å². The molecule has 1 aliphatic heterocycles. The number of ketones is 1. The third-order valence-electron chi connectivity index (χ3n) is 9.02. The van der Waals surface area contributed by atoms with Crippen LogP contribution in [0.2, 0.25) is 0 Å². The van der Waals surface area contributed by atoms with Crippen molar-refractivity contribution in [3.05, 3.63) is 0 Å². The summed E-state index contributed by atoms with van der Waals surface area (Å²) >= 11 is 0. The summed E-state index contributed by atoms with van der Waals surface area (Å²) in [5.41, 5.74) is -3.19. The molecule has 0 radical (unpaired) electrons. The Balaban J connectivity index is 2.21. The predicted molar refractivity (Wildman–Crippen MR) is 124 cm³/mol. The molecule has 198 valence electrons. The minimum absolute atomic E-state index is 0.0379. The molecule has 0 aromatic carbocycles. The highest BCUT2D eigenvalue weighted by Gasteiger charge is 2.74. The van der Waals surface area contributed by atoms with Crippen molar-refractivity contribution < 1.29 is 43.2 Å². The van der Waals surface area contributed by atoms with Crippen LogP contribution in [0.5, 0.6) is 0 Å². The molecule has 1 N–H and O–H groups in total. The second kappa shape index (κ2) is 9.47. The van der Waals surface area contributed by atoms with E-state index in [1.807, 2.05) is 20.8 Å². The van der Waals surface area contributed by atoms with Crippen molar-refractivity contribution in [2.24, 2.45) is 22.7 Å². The lowest BCUT2D eigenvalue weighted by atomic mass is 9.42. The van der Waals surface area contributed by atoms with Gasteiger partial charge in [-0.05, 0) is 39.0 Å². The number of carbonyl (C=O) groups is 4. The van der Waals surface area contributed by atoms with Crippen LogP contribution in [0, 0.1) is 22.7 Å². The SMILES string of the molecule is CC(=O)OC[C@@]1(C)[C@H](OC(C)=O)CC[C@@]2(C)[C@H]1[C@H](OC(C)=O)C(=O)[C@@H](C)[C@]21CC[C@@](C)(CCO)O1. The molecular weight excluding hydrogens is 456 g/mol. The Morgan fingerprint density at radius 1 is 1.00 bits per heavy atom. The van der Waals surface area contributed by atoms with Crippen molar-refractivity contribution in [2.75, 3.05) is 13.2 Å². The molecule has 0 aromatic rings. The molecule has 2 aliphatic carbocycles. The lowest BCUT2D eigenvalue weighted by Gasteiger charge is -2.65. The minimum Gasteiger partial charge on any atom is -0.465 e. The van der Waals surface area contributed by atoms with E-state index in [1.54, 1.807) is 0 Å². The number of rotatable bonds is 6. The molecule has 9 heteroatoms. The number of aliphatic hydroxyl groups is 1.